The van der Waals surface area contributed by atoms with Crippen LogP contribution in [0, 0.1) is 5.82 Å². The van der Waals surface area contributed by atoms with E-state index >= 15 is 0 Å². The van der Waals surface area contributed by atoms with Gasteiger partial charge in [-0.15, -0.1) is 0 Å². The fraction of sp³-hybridized carbons (Fsp3) is 0.188. The Balaban J connectivity index is 2.01. The maximum atomic E-state index is 13.6. The SMILES string of the molecule is OC1(c2ccccc2)c2cc(F)ccc2C2=NCCN21. The molecule has 4 rings (SSSR count). The van der Waals surface area contributed by atoms with Gasteiger partial charge in [-0.1, -0.05) is 30.3 Å². The van der Waals surface area contributed by atoms with E-state index in [2.05, 4.69) is 4.99 Å². The van der Waals surface area contributed by atoms with Gasteiger partial charge in [0.2, 0.25) is 0 Å². The fourth-order valence-corrected chi connectivity index (χ4v) is 3.12. The van der Waals surface area contributed by atoms with Crippen molar-refractivity contribution >= 4 is 5.84 Å². The van der Waals surface area contributed by atoms with Crippen LogP contribution >= 0.6 is 0 Å². The lowest BCUT2D eigenvalue weighted by molar-refractivity contribution is -0.0244. The molecule has 0 aliphatic carbocycles. The Kier molecular flexibility index (Phi) is 2.26. The Morgan fingerprint density at radius 3 is 2.75 bits per heavy atom. The Morgan fingerprint density at radius 2 is 1.95 bits per heavy atom. The molecule has 0 saturated carbocycles. The molecule has 1 unspecified atom stereocenters. The number of amidine groups is 1. The number of aliphatic hydroxyl groups is 1. The zero-order valence-corrected chi connectivity index (χ0v) is 10.8. The number of aliphatic imine (C=N–C) groups is 1. The summed E-state index contributed by atoms with van der Waals surface area (Å²) < 4.78 is 13.6. The molecule has 0 radical (unpaired) electrons. The Hall–Kier alpha value is -2.20. The van der Waals surface area contributed by atoms with E-state index in [1.807, 2.05) is 35.2 Å². The van der Waals surface area contributed by atoms with Crippen LogP contribution in [0.4, 0.5) is 4.39 Å². The molecule has 0 fully saturated rings. The molecule has 0 bridgehead atoms. The Labute approximate surface area is 116 Å². The van der Waals surface area contributed by atoms with Crippen LogP contribution < -0.4 is 0 Å². The van der Waals surface area contributed by atoms with Gasteiger partial charge in [-0.3, -0.25) is 4.99 Å². The number of nitrogens with zero attached hydrogens (tertiary/aromatic N) is 2. The monoisotopic (exact) mass is 268 g/mol. The highest BCUT2D eigenvalue weighted by atomic mass is 19.1. The molecule has 2 aromatic carbocycles. The molecule has 2 aliphatic rings. The minimum absolute atomic E-state index is 0.347. The van der Waals surface area contributed by atoms with E-state index in [4.69, 9.17) is 0 Å². The molecule has 0 amide bonds. The summed E-state index contributed by atoms with van der Waals surface area (Å²) in [6.07, 6.45) is 0. The van der Waals surface area contributed by atoms with Crippen LogP contribution in [0.5, 0.6) is 0 Å². The van der Waals surface area contributed by atoms with Gasteiger partial charge in [0.05, 0.1) is 6.54 Å². The van der Waals surface area contributed by atoms with Crippen molar-refractivity contribution in [3.8, 4) is 0 Å². The molecule has 2 aromatic rings. The van der Waals surface area contributed by atoms with E-state index in [0.29, 0.717) is 18.7 Å². The normalized spacial score (nSPS) is 23.5. The lowest BCUT2D eigenvalue weighted by Gasteiger charge is -2.33. The van der Waals surface area contributed by atoms with Gasteiger partial charge in [-0.05, 0) is 18.2 Å². The molecule has 2 heterocycles. The molecule has 0 saturated heterocycles. The van der Waals surface area contributed by atoms with Crippen LogP contribution in [0.2, 0.25) is 0 Å². The number of halogens is 1. The Morgan fingerprint density at radius 1 is 1.15 bits per heavy atom. The lowest BCUT2D eigenvalue weighted by atomic mass is 9.93. The quantitative estimate of drug-likeness (QED) is 0.859. The van der Waals surface area contributed by atoms with Crippen LogP contribution in [-0.4, -0.2) is 28.9 Å². The first-order valence-electron chi connectivity index (χ1n) is 6.61. The number of fused-ring (bicyclic) bond motifs is 3. The third-order valence-electron chi connectivity index (χ3n) is 4.01. The van der Waals surface area contributed by atoms with Crippen LogP contribution in [-0.2, 0) is 5.72 Å². The maximum absolute atomic E-state index is 13.6. The van der Waals surface area contributed by atoms with Crippen molar-refractivity contribution in [2.75, 3.05) is 13.1 Å². The Bertz CT molecular complexity index is 714. The van der Waals surface area contributed by atoms with Crippen molar-refractivity contribution in [3.63, 3.8) is 0 Å². The molecule has 100 valence electrons. The first-order chi connectivity index (χ1) is 9.71. The average Bonchev–Trinajstić information content (AvgIpc) is 3.04. The zero-order chi connectivity index (χ0) is 13.7. The molecule has 20 heavy (non-hydrogen) atoms. The predicted molar refractivity (Wildman–Crippen MR) is 74.0 cm³/mol. The zero-order valence-electron chi connectivity index (χ0n) is 10.8. The summed E-state index contributed by atoms with van der Waals surface area (Å²) in [7, 11) is 0. The summed E-state index contributed by atoms with van der Waals surface area (Å²) in [5, 5.41) is 11.3. The van der Waals surface area contributed by atoms with Crippen LogP contribution in [0.15, 0.2) is 53.5 Å². The minimum Gasteiger partial charge on any atom is -0.363 e. The summed E-state index contributed by atoms with van der Waals surface area (Å²) in [6.45, 7) is 1.29. The van der Waals surface area contributed by atoms with Gasteiger partial charge >= 0.3 is 0 Å². The van der Waals surface area contributed by atoms with E-state index in [-0.39, 0.29) is 5.82 Å². The van der Waals surface area contributed by atoms with Gasteiger partial charge < -0.3 is 10.0 Å². The van der Waals surface area contributed by atoms with Crippen LogP contribution in [0.1, 0.15) is 16.7 Å². The van der Waals surface area contributed by atoms with E-state index < -0.39 is 5.72 Å². The highest BCUT2D eigenvalue weighted by Crippen LogP contribution is 2.43. The highest BCUT2D eigenvalue weighted by molar-refractivity contribution is 6.05. The van der Waals surface area contributed by atoms with Crippen molar-refractivity contribution in [3.05, 3.63) is 71.0 Å². The smallest absolute Gasteiger partial charge is 0.193 e. The molecule has 0 aromatic heterocycles. The average molecular weight is 268 g/mol. The topological polar surface area (TPSA) is 35.8 Å². The van der Waals surface area contributed by atoms with Gasteiger partial charge in [0.25, 0.3) is 0 Å². The molecular weight excluding hydrogens is 255 g/mol. The summed E-state index contributed by atoms with van der Waals surface area (Å²) in [5.41, 5.74) is 0.796. The number of benzene rings is 2. The lowest BCUT2D eigenvalue weighted by Crippen LogP contribution is -2.43. The molecule has 2 aliphatic heterocycles. The van der Waals surface area contributed by atoms with Crippen LogP contribution in [0.3, 0.4) is 0 Å². The van der Waals surface area contributed by atoms with Gasteiger partial charge in [0, 0.05) is 23.2 Å². The minimum atomic E-state index is -1.33. The second-order valence-corrected chi connectivity index (χ2v) is 5.09. The maximum Gasteiger partial charge on any atom is 0.193 e. The van der Waals surface area contributed by atoms with Crippen molar-refractivity contribution in [1.82, 2.24) is 4.90 Å². The van der Waals surface area contributed by atoms with Crippen molar-refractivity contribution < 1.29 is 9.50 Å². The van der Waals surface area contributed by atoms with E-state index in [0.717, 1.165) is 17.0 Å². The first kappa shape index (κ1) is 11.6. The van der Waals surface area contributed by atoms with Gasteiger partial charge in [-0.25, -0.2) is 4.39 Å². The van der Waals surface area contributed by atoms with Gasteiger partial charge in [0.1, 0.15) is 11.7 Å². The first-order valence-corrected chi connectivity index (χ1v) is 6.61. The summed E-state index contributed by atoms with van der Waals surface area (Å²) in [6, 6.07) is 13.9. The van der Waals surface area contributed by atoms with Crippen LogP contribution in [0.25, 0.3) is 0 Å². The van der Waals surface area contributed by atoms with Crippen molar-refractivity contribution in [2.45, 2.75) is 5.72 Å². The second kappa shape index (κ2) is 3.90. The molecular formula is C16H13FN2O. The molecule has 1 N–H and O–H groups in total. The summed E-state index contributed by atoms with van der Waals surface area (Å²) in [4.78, 5) is 6.30. The highest BCUT2D eigenvalue weighted by Gasteiger charge is 2.49. The molecule has 0 spiro atoms. The summed E-state index contributed by atoms with van der Waals surface area (Å²) >= 11 is 0. The number of hydrogen-bond acceptors (Lipinski definition) is 3. The molecule has 4 heteroatoms. The fourth-order valence-electron chi connectivity index (χ4n) is 3.12. The van der Waals surface area contributed by atoms with E-state index in [9.17, 15) is 9.50 Å². The number of hydrogen-bond donors (Lipinski definition) is 1. The largest absolute Gasteiger partial charge is 0.363 e. The molecule has 3 nitrogen and oxygen atoms in total. The standard InChI is InChI=1S/C16H13FN2O/c17-12-6-7-13-14(10-12)16(20,11-4-2-1-3-5-11)19-9-8-18-15(13)19/h1-7,10,20H,8-9H2. The summed E-state index contributed by atoms with van der Waals surface area (Å²) in [5.74, 6) is 0.409. The molecule has 1 atom stereocenters. The third-order valence-corrected chi connectivity index (χ3v) is 4.01. The van der Waals surface area contributed by atoms with Gasteiger partial charge in [0.15, 0.2) is 5.72 Å². The van der Waals surface area contributed by atoms with Crippen molar-refractivity contribution in [1.29, 1.82) is 0 Å². The van der Waals surface area contributed by atoms with Crippen molar-refractivity contribution in [2.24, 2.45) is 4.99 Å². The van der Waals surface area contributed by atoms with E-state index in [1.165, 1.54) is 12.1 Å². The van der Waals surface area contributed by atoms with Gasteiger partial charge in [-0.2, -0.15) is 0 Å². The second-order valence-electron chi connectivity index (χ2n) is 5.09. The third kappa shape index (κ3) is 1.34. The number of rotatable bonds is 1. The van der Waals surface area contributed by atoms with E-state index in [1.54, 1.807) is 6.07 Å². The predicted octanol–water partition coefficient (Wildman–Crippen LogP) is 2.09.